The maximum atomic E-state index is 10.2. The summed E-state index contributed by atoms with van der Waals surface area (Å²) in [5.41, 5.74) is 6.03. The Labute approximate surface area is 128 Å². The van der Waals surface area contributed by atoms with Crippen molar-refractivity contribution < 1.29 is 5.11 Å². The SMILES string of the molecule is Oc1cc2c(cc1N=Nc1ccccc1)Cc1ccccc1-2. The van der Waals surface area contributed by atoms with Crippen LogP contribution in [0.3, 0.4) is 0 Å². The third-order valence-electron chi connectivity index (χ3n) is 3.92. The first-order valence-corrected chi connectivity index (χ1v) is 7.22. The van der Waals surface area contributed by atoms with Crippen molar-refractivity contribution in [3.8, 4) is 16.9 Å². The van der Waals surface area contributed by atoms with Crippen molar-refractivity contribution >= 4 is 11.4 Å². The molecule has 4 rings (SSSR count). The molecule has 0 saturated heterocycles. The molecule has 0 atom stereocenters. The van der Waals surface area contributed by atoms with Gasteiger partial charge in [-0.15, -0.1) is 5.11 Å². The van der Waals surface area contributed by atoms with Crippen LogP contribution in [0.15, 0.2) is 77.0 Å². The van der Waals surface area contributed by atoms with Gasteiger partial charge < -0.3 is 5.11 Å². The second kappa shape index (κ2) is 5.11. The quantitative estimate of drug-likeness (QED) is 0.494. The molecular formula is C19H14N2O. The van der Waals surface area contributed by atoms with Gasteiger partial charge in [-0.2, -0.15) is 5.11 Å². The van der Waals surface area contributed by atoms with Gasteiger partial charge in [0.25, 0.3) is 0 Å². The number of aromatic hydroxyl groups is 1. The first-order chi connectivity index (χ1) is 10.8. The Morgan fingerprint density at radius 2 is 1.50 bits per heavy atom. The summed E-state index contributed by atoms with van der Waals surface area (Å²) in [6, 6.07) is 21.5. The molecule has 0 aromatic heterocycles. The van der Waals surface area contributed by atoms with E-state index < -0.39 is 0 Å². The van der Waals surface area contributed by atoms with Crippen LogP contribution >= 0.6 is 0 Å². The molecule has 1 aliphatic carbocycles. The minimum Gasteiger partial charge on any atom is -0.506 e. The van der Waals surface area contributed by atoms with Gasteiger partial charge in [-0.05, 0) is 52.9 Å². The van der Waals surface area contributed by atoms with E-state index in [4.69, 9.17) is 0 Å². The van der Waals surface area contributed by atoms with Crippen molar-refractivity contribution in [2.24, 2.45) is 10.2 Å². The highest BCUT2D eigenvalue weighted by Gasteiger charge is 2.20. The summed E-state index contributed by atoms with van der Waals surface area (Å²) in [5.74, 6) is 0.162. The monoisotopic (exact) mass is 286 g/mol. The van der Waals surface area contributed by atoms with E-state index in [1.807, 2.05) is 48.5 Å². The second-order valence-electron chi connectivity index (χ2n) is 5.37. The highest BCUT2D eigenvalue weighted by Crippen LogP contribution is 2.42. The lowest BCUT2D eigenvalue weighted by Gasteiger charge is -2.04. The molecule has 1 N–H and O–H groups in total. The minimum atomic E-state index is 0.162. The summed E-state index contributed by atoms with van der Waals surface area (Å²) in [5, 5.41) is 18.6. The highest BCUT2D eigenvalue weighted by molar-refractivity contribution is 5.80. The zero-order valence-corrected chi connectivity index (χ0v) is 11.9. The van der Waals surface area contributed by atoms with Crippen molar-refractivity contribution in [3.05, 3.63) is 77.9 Å². The number of hydrogen-bond donors (Lipinski definition) is 1. The molecule has 3 aromatic carbocycles. The summed E-state index contributed by atoms with van der Waals surface area (Å²) >= 11 is 0. The van der Waals surface area contributed by atoms with Gasteiger partial charge in [0.15, 0.2) is 0 Å². The largest absolute Gasteiger partial charge is 0.506 e. The van der Waals surface area contributed by atoms with Crippen molar-refractivity contribution in [1.82, 2.24) is 0 Å². The molecule has 3 nitrogen and oxygen atoms in total. The summed E-state index contributed by atoms with van der Waals surface area (Å²) in [7, 11) is 0. The minimum absolute atomic E-state index is 0.162. The zero-order chi connectivity index (χ0) is 14.9. The molecule has 0 bridgehead atoms. The Morgan fingerprint density at radius 3 is 2.36 bits per heavy atom. The van der Waals surface area contributed by atoms with Crippen molar-refractivity contribution in [2.45, 2.75) is 6.42 Å². The maximum Gasteiger partial charge on any atom is 0.143 e. The first kappa shape index (κ1) is 12.8. The lowest BCUT2D eigenvalue weighted by Crippen LogP contribution is -1.80. The number of fused-ring (bicyclic) bond motifs is 3. The fourth-order valence-electron chi connectivity index (χ4n) is 2.85. The number of azo groups is 1. The van der Waals surface area contributed by atoms with Crippen molar-refractivity contribution in [3.63, 3.8) is 0 Å². The van der Waals surface area contributed by atoms with E-state index in [9.17, 15) is 5.11 Å². The van der Waals surface area contributed by atoms with Crippen LogP contribution in [0.4, 0.5) is 11.4 Å². The number of phenols is 1. The van der Waals surface area contributed by atoms with Crippen molar-refractivity contribution in [1.29, 1.82) is 0 Å². The van der Waals surface area contributed by atoms with Crippen LogP contribution in [0.5, 0.6) is 5.75 Å². The van der Waals surface area contributed by atoms with Crippen LogP contribution in [0.2, 0.25) is 0 Å². The molecule has 0 fully saturated rings. The van der Waals surface area contributed by atoms with E-state index in [2.05, 4.69) is 22.4 Å². The topological polar surface area (TPSA) is 45.0 Å². The first-order valence-electron chi connectivity index (χ1n) is 7.22. The Balaban J connectivity index is 1.72. The summed E-state index contributed by atoms with van der Waals surface area (Å²) in [6.07, 6.45) is 0.875. The molecule has 0 heterocycles. The average molecular weight is 286 g/mol. The lowest BCUT2D eigenvalue weighted by molar-refractivity contribution is 0.476. The van der Waals surface area contributed by atoms with Gasteiger partial charge in [0.2, 0.25) is 0 Å². The molecule has 0 spiro atoms. The predicted octanol–water partition coefficient (Wildman–Crippen LogP) is 5.38. The molecule has 3 heteroatoms. The Morgan fingerprint density at radius 1 is 0.727 bits per heavy atom. The van der Waals surface area contributed by atoms with E-state index in [0.717, 1.165) is 17.7 Å². The van der Waals surface area contributed by atoms with Crippen LogP contribution in [-0.2, 0) is 6.42 Å². The van der Waals surface area contributed by atoms with E-state index in [-0.39, 0.29) is 5.75 Å². The van der Waals surface area contributed by atoms with Gasteiger partial charge in [0.1, 0.15) is 11.4 Å². The lowest BCUT2D eigenvalue weighted by atomic mass is 10.1. The second-order valence-corrected chi connectivity index (χ2v) is 5.37. The molecule has 0 aliphatic heterocycles. The van der Waals surface area contributed by atoms with Gasteiger partial charge in [-0.1, -0.05) is 42.5 Å². The van der Waals surface area contributed by atoms with Gasteiger partial charge in [0, 0.05) is 0 Å². The number of nitrogens with zero attached hydrogens (tertiary/aromatic N) is 2. The molecule has 3 aromatic rings. The van der Waals surface area contributed by atoms with E-state index in [1.54, 1.807) is 6.07 Å². The number of rotatable bonds is 2. The van der Waals surface area contributed by atoms with Gasteiger partial charge in [-0.3, -0.25) is 0 Å². The third-order valence-corrected chi connectivity index (χ3v) is 3.92. The molecule has 0 amide bonds. The van der Waals surface area contributed by atoms with Crippen LogP contribution in [0, 0.1) is 0 Å². The van der Waals surface area contributed by atoms with Gasteiger partial charge in [0.05, 0.1) is 5.69 Å². The van der Waals surface area contributed by atoms with E-state index >= 15 is 0 Å². The Bertz CT molecular complexity index is 870. The van der Waals surface area contributed by atoms with Gasteiger partial charge in [-0.25, -0.2) is 0 Å². The predicted molar refractivity (Wildman–Crippen MR) is 87.0 cm³/mol. The van der Waals surface area contributed by atoms with E-state index in [0.29, 0.717) is 5.69 Å². The third kappa shape index (κ3) is 2.17. The summed E-state index contributed by atoms with van der Waals surface area (Å²) in [6.45, 7) is 0. The fourth-order valence-corrected chi connectivity index (χ4v) is 2.85. The molecular weight excluding hydrogens is 272 g/mol. The van der Waals surface area contributed by atoms with Crippen LogP contribution in [-0.4, -0.2) is 5.11 Å². The molecule has 106 valence electrons. The summed E-state index contributed by atoms with van der Waals surface area (Å²) in [4.78, 5) is 0. The zero-order valence-electron chi connectivity index (χ0n) is 11.9. The Hall–Kier alpha value is -2.94. The normalized spacial score (nSPS) is 12.4. The summed E-state index contributed by atoms with van der Waals surface area (Å²) < 4.78 is 0. The highest BCUT2D eigenvalue weighted by atomic mass is 16.3. The van der Waals surface area contributed by atoms with Gasteiger partial charge >= 0.3 is 0 Å². The van der Waals surface area contributed by atoms with Crippen LogP contribution in [0.25, 0.3) is 11.1 Å². The molecule has 22 heavy (non-hydrogen) atoms. The number of hydrogen-bond acceptors (Lipinski definition) is 3. The van der Waals surface area contributed by atoms with E-state index in [1.165, 1.54) is 16.7 Å². The molecule has 0 unspecified atom stereocenters. The van der Waals surface area contributed by atoms with Crippen LogP contribution < -0.4 is 0 Å². The number of phenolic OH excluding ortho intramolecular Hbond substituents is 1. The molecule has 0 saturated carbocycles. The molecule has 1 aliphatic rings. The molecule has 0 radical (unpaired) electrons. The smallest absolute Gasteiger partial charge is 0.143 e. The fraction of sp³-hybridized carbons (Fsp3) is 0.0526. The van der Waals surface area contributed by atoms with Crippen molar-refractivity contribution in [2.75, 3.05) is 0 Å². The van der Waals surface area contributed by atoms with Crippen LogP contribution in [0.1, 0.15) is 11.1 Å². The Kier molecular flexibility index (Phi) is 2.97. The number of benzene rings is 3. The average Bonchev–Trinajstić information content (AvgIpc) is 2.91. The maximum absolute atomic E-state index is 10.2. The standard InChI is InChI=1S/C19H14N2O/c22-19-12-17-14(10-13-6-4-5-9-16(13)17)11-18(19)21-20-15-7-2-1-3-8-15/h1-9,11-12,22H,10H2.